The summed E-state index contributed by atoms with van der Waals surface area (Å²) < 4.78 is 0. The van der Waals surface area contributed by atoms with E-state index in [-0.39, 0.29) is 11.9 Å². The van der Waals surface area contributed by atoms with Crippen LogP contribution in [0.5, 0.6) is 0 Å². The number of nitrogens with zero attached hydrogens (tertiary/aromatic N) is 2. The number of hydrogen-bond donors (Lipinski definition) is 1. The summed E-state index contributed by atoms with van der Waals surface area (Å²) in [5, 5.41) is 0. The van der Waals surface area contributed by atoms with Gasteiger partial charge in [-0.05, 0) is 19.3 Å². The predicted octanol–water partition coefficient (Wildman–Crippen LogP) is 0.00780. The van der Waals surface area contributed by atoms with Crippen LogP contribution in [0, 0.1) is 0 Å². The molecular formula is C9H17N3O2. The second kappa shape index (κ2) is 4.30. The van der Waals surface area contributed by atoms with Crippen molar-refractivity contribution in [2.45, 2.75) is 25.3 Å². The summed E-state index contributed by atoms with van der Waals surface area (Å²) in [5.41, 5.74) is 5.14. The van der Waals surface area contributed by atoms with Crippen LogP contribution in [0.15, 0.2) is 0 Å². The lowest BCUT2D eigenvalue weighted by atomic mass is 10.1. The second-order valence-electron chi connectivity index (χ2n) is 3.72. The Morgan fingerprint density at radius 2 is 2.21 bits per heavy atom. The monoisotopic (exact) mass is 199 g/mol. The Morgan fingerprint density at radius 1 is 1.57 bits per heavy atom. The van der Waals surface area contributed by atoms with Gasteiger partial charge >= 0.3 is 6.03 Å². The first-order chi connectivity index (χ1) is 6.54. The predicted molar refractivity (Wildman–Crippen MR) is 52.6 cm³/mol. The third-order valence-electron chi connectivity index (χ3n) is 2.70. The Labute approximate surface area is 83.8 Å². The molecule has 80 valence electrons. The molecule has 1 fully saturated rings. The summed E-state index contributed by atoms with van der Waals surface area (Å²) in [6, 6.07) is -0.918. The molecule has 3 amide bonds. The summed E-state index contributed by atoms with van der Waals surface area (Å²) in [6.07, 6.45) is 2.66. The summed E-state index contributed by atoms with van der Waals surface area (Å²) in [7, 11) is 3.33. The van der Waals surface area contributed by atoms with Crippen LogP contribution in [0.3, 0.4) is 0 Å². The summed E-state index contributed by atoms with van der Waals surface area (Å²) in [4.78, 5) is 25.7. The van der Waals surface area contributed by atoms with Crippen molar-refractivity contribution in [2.75, 3.05) is 20.6 Å². The number of carbonyl (C=O) groups excluding carboxylic acids is 2. The molecule has 0 radical (unpaired) electrons. The van der Waals surface area contributed by atoms with E-state index in [1.54, 1.807) is 19.0 Å². The van der Waals surface area contributed by atoms with Gasteiger partial charge in [0.05, 0.1) is 0 Å². The lowest BCUT2D eigenvalue weighted by Gasteiger charge is -2.26. The highest BCUT2D eigenvalue weighted by Crippen LogP contribution is 2.14. The van der Waals surface area contributed by atoms with Gasteiger partial charge in [0.2, 0.25) is 5.91 Å². The topological polar surface area (TPSA) is 66.6 Å². The molecule has 0 bridgehead atoms. The molecule has 0 aromatic carbocycles. The maximum absolute atomic E-state index is 11.8. The van der Waals surface area contributed by atoms with Crippen LogP contribution >= 0.6 is 0 Å². The Bertz CT molecular complexity index is 242. The van der Waals surface area contributed by atoms with Gasteiger partial charge in [0, 0.05) is 20.6 Å². The lowest BCUT2D eigenvalue weighted by Crippen LogP contribution is -2.48. The van der Waals surface area contributed by atoms with E-state index >= 15 is 0 Å². The fourth-order valence-electron chi connectivity index (χ4n) is 1.69. The van der Waals surface area contributed by atoms with Crippen LogP contribution in [0.1, 0.15) is 19.3 Å². The molecule has 0 saturated carbocycles. The van der Waals surface area contributed by atoms with Gasteiger partial charge in [-0.2, -0.15) is 0 Å². The van der Waals surface area contributed by atoms with Gasteiger partial charge in [-0.15, -0.1) is 0 Å². The zero-order valence-electron chi connectivity index (χ0n) is 8.69. The normalized spacial score (nSPS) is 23.1. The molecule has 14 heavy (non-hydrogen) atoms. The Kier molecular flexibility index (Phi) is 3.33. The first-order valence-corrected chi connectivity index (χ1v) is 4.81. The van der Waals surface area contributed by atoms with Crippen molar-refractivity contribution in [2.24, 2.45) is 5.73 Å². The van der Waals surface area contributed by atoms with Crippen molar-refractivity contribution in [3.8, 4) is 0 Å². The molecule has 0 aliphatic carbocycles. The molecule has 0 spiro atoms. The lowest BCUT2D eigenvalue weighted by molar-refractivity contribution is -0.133. The van der Waals surface area contributed by atoms with E-state index in [2.05, 4.69) is 0 Å². The standard InChI is InChI=1S/C9H17N3O2/c1-11-6-4-3-5-7(8(11)13)12(2)9(10)14/h7H,3-6H2,1-2H3,(H2,10,14). The third kappa shape index (κ3) is 2.16. The summed E-state index contributed by atoms with van der Waals surface area (Å²) >= 11 is 0. The van der Waals surface area contributed by atoms with Crippen molar-refractivity contribution in [3.05, 3.63) is 0 Å². The Hall–Kier alpha value is -1.26. The van der Waals surface area contributed by atoms with Crippen LogP contribution in [0.25, 0.3) is 0 Å². The molecule has 1 atom stereocenters. The van der Waals surface area contributed by atoms with Gasteiger partial charge in [-0.3, -0.25) is 4.79 Å². The number of rotatable bonds is 1. The second-order valence-corrected chi connectivity index (χ2v) is 3.72. The van der Waals surface area contributed by atoms with Crippen molar-refractivity contribution in [1.29, 1.82) is 0 Å². The highest BCUT2D eigenvalue weighted by Gasteiger charge is 2.29. The number of likely N-dealkylation sites (tertiary alicyclic amines) is 1. The highest BCUT2D eigenvalue weighted by atomic mass is 16.2. The van der Waals surface area contributed by atoms with Gasteiger partial charge < -0.3 is 15.5 Å². The molecule has 1 saturated heterocycles. The van der Waals surface area contributed by atoms with E-state index < -0.39 is 6.03 Å². The summed E-state index contributed by atoms with van der Waals surface area (Å²) in [6.45, 7) is 0.766. The van der Waals surface area contributed by atoms with Gasteiger partial charge in [-0.25, -0.2) is 4.79 Å². The van der Waals surface area contributed by atoms with E-state index in [4.69, 9.17) is 5.73 Å². The van der Waals surface area contributed by atoms with Gasteiger partial charge in [0.1, 0.15) is 6.04 Å². The largest absolute Gasteiger partial charge is 0.351 e. The zero-order chi connectivity index (χ0) is 10.7. The number of nitrogens with two attached hydrogens (primary N) is 1. The van der Waals surface area contributed by atoms with E-state index in [0.29, 0.717) is 6.42 Å². The highest BCUT2D eigenvalue weighted by molar-refractivity contribution is 5.86. The number of primary amides is 1. The number of urea groups is 1. The van der Waals surface area contributed by atoms with Crippen molar-refractivity contribution in [3.63, 3.8) is 0 Å². The van der Waals surface area contributed by atoms with Crippen LogP contribution in [0.4, 0.5) is 4.79 Å². The number of amides is 3. The molecule has 1 unspecified atom stereocenters. The van der Waals surface area contributed by atoms with Crippen LogP contribution < -0.4 is 5.73 Å². The summed E-state index contributed by atoms with van der Waals surface area (Å²) in [5.74, 6) is -0.0104. The van der Waals surface area contributed by atoms with E-state index in [1.165, 1.54) is 4.90 Å². The zero-order valence-corrected chi connectivity index (χ0v) is 8.69. The fourth-order valence-corrected chi connectivity index (χ4v) is 1.69. The van der Waals surface area contributed by atoms with E-state index in [1.807, 2.05) is 0 Å². The van der Waals surface area contributed by atoms with Gasteiger partial charge in [-0.1, -0.05) is 0 Å². The molecular weight excluding hydrogens is 182 g/mol. The number of carbonyl (C=O) groups is 2. The third-order valence-corrected chi connectivity index (χ3v) is 2.70. The molecule has 1 rings (SSSR count). The molecule has 0 aromatic rings. The molecule has 5 nitrogen and oxygen atoms in total. The number of hydrogen-bond acceptors (Lipinski definition) is 2. The maximum Gasteiger partial charge on any atom is 0.315 e. The first kappa shape index (κ1) is 10.8. The molecule has 1 heterocycles. The van der Waals surface area contributed by atoms with Gasteiger partial charge in [0.25, 0.3) is 0 Å². The number of likely N-dealkylation sites (N-methyl/N-ethyl adjacent to an activating group) is 2. The van der Waals surface area contributed by atoms with Crippen LogP contribution in [-0.2, 0) is 4.79 Å². The SMILES string of the molecule is CN1CCCCC(N(C)C(N)=O)C1=O. The minimum absolute atomic E-state index is 0.0104. The van der Waals surface area contributed by atoms with Crippen LogP contribution in [0.2, 0.25) is 0 Å². The molecule has 0 aromatic heterocycles. The maximum atomic E-state index is 11.8. The first-order valence-electron chi connectivity index (χ1n) is 4.81. The van der Waals surface area contributed by atoms with Gasteiger partial charge in [0.15, 0.2) is 0 Å². The smallest absolute Gasteiger partial charge is 0.315 e. The minimum Gasteiger partial charge on any atom is -0.351 e. The minimum atomic E-state index is -0.543. The quantitative estimate of drug-likeness (QED) is 0.646. The van der Waals surface area contributed by atoms with Crippen molar-refractivity contribution < 1.29 is 9.59 Å². The molecule has 5 heteroatoms. The average molecular weight is 199 g/mol. The molecule has 1 aliphatic heterocycles. The Morgan fingerprint density at radius 3 is 2.79 bits per heavy atom. The van der Waals surface area contributed by atoms with Crippen molar-refractivity contribution in [1.82, 2.24) is 9.80 Å². The molecule has 1 aliphatic rings. The van der Waals surface area contributed by atoms with E-state index in [9.17, 15) is 9.59 Å². The van der Waals surface area contributed by atoms with E-state index in [0.717, 1.165) is 19.4 Å². The average Bonchev–Trinajstić information content (AvgIpc) is 2.29. The molecule has 2 N–H and O–H groups in total. The fraction of sp³-hybridized carbons (Fsp3) is 0.778. The van der Waals surface area contributed by atoms with Crippen LogP contribution in [-0.4, -0.2) is 48.4 Å². The Balaban J connectivity index is 2.74. The van der Waals surface area contributed by atoms with Crippen molar-refractivity contribution >= 4 is 11.9 Å².